The summed E-state index contributed by atoms with van der Waals surface area (Å²) in [5, 5.41) is 3.43. The van der Waals surface area contributed by atoms with Crippen molar-refractivity contribution in [2.24, 2.45) is 14.1 Å². The van der Waals surface area contributed by atoms with Gasteiger partial charge in [-0.1, -0.05) is 0 Å². The number of fused-ring (bicyclic) bond motifs is 1. The standard InChI is InChI=1S/C14H11F3N4O5/c1-20-8-7(10(23)21(2)12(20)25)13(11(24)18-8,14(15,16)17)19-9(22)6-4-3-5-26-6/h3-5H,1-2H3,(H,18,24)(H,19,22)/t13-/m0/s1. The molecule has 0 unspecified atom stereocenters. The van der Waals surface area contributed by atoms with Crippen molar-refractivity contribution in [2.75, 3.05) is 5.32 Å². The monoisotopic (exact) mass is 372 g/mol. The number of hydrogen-bond acceptors (Lipinski definition) is 5. The molecule has 1 atom stereocenters. The van der Waals surface area contributed by atoms with E-state index in [2.05, 4.69) is 0 Å². The van der Waals surface area contributed by atoms with E-state index in [0.29, 0.717) is 9.13 Å². The lowest BCUT2D eigenvalue weighted by molar-refractivity contribution is -0.196. The number of furan rings is 1. The molecule has 26 heavy (non-hydrogen) atoms. The molecule has 12 heteroatoms. The summed E-state index contributed by atoms with van der Waals surface area (Å²) >= 11 is 0. The average Bonchev–Trinajstić information content (AvgIpc) is 3.18. The molecule has 0 radical (unpaired) electrons. The van der Waals surface area contributed by atoms with Crippen molar-refractivity contribution in [3.8, 4) is 0 Å². The van der Waals surface area contributed by atoms with Gasteiger partial charge >= 0.3 is 11.9 Å². The molecule has 0 saturated heterocycles. The number of carbonyl (C=O) groups excluding carboxylic acids is 2. The van der Waals surface area contributed by atoms with Crippen LogP contribution in [0.2, 0.25) is 0 Å². The van der Waals surface area contributed by atoms with Gasteiger partial charge in [-0.05, 0) is 12.1 Å². The quantitative estimate of drug-likeness (QED) is 0.759. The van der Waals surface area contributed by atoms with Gasteiger partial charge in [0, 0.05) is 14.1 Å². The predicted octanol–water partition coefficient (Wildman–Crippen LogP) is -0.183. The summed E-state index contributed by atoms with van der Waals surface area (Å²) in [5.41, 5.74) is -7.07. The van der Waals surface area contributed by atoms with E-state index in [9.17, 15) is 32.3 Å². The van der Waals surface area contributed by atoms with Gasteiger partial charge in [-0.15, -0.1) is 0 Å². The third kappa shape index (κ3) is 2.11. The first-order valence-electron chi connectivity index (χ1n) is 7.07. The molecule has 2 N–H and O–H groups in total. The Kier molecular flexibility index (Phi) is 3.60. The van der Waals surface area contributed by atoms with Crippen molar-refractivity contribution in [2.45, 2.75) is 11.7 Å². The minimum atomic E-state index is -5.38. The number of hydrogen-bond donors (Lipinski definition) is 2. The zero-order valence-electron chi connectivity index (χ0n) is 13.3. The van der Waals surface area contributed by atoms with Gasteiger partial charge in [0.15, 0.2) is 5.76 Å². The van der Waals surface area contributed by atoms with E-state index >= 15 is 0 Å². The van der Waals surface area contributed by atoms with Gasteiger partial charge in [0.25, 0.3) is 22.9 Å². The Hall–Kier alpha value is -3.31. The van der Waals surface area contributed by atoms with E-state index in [0.717, 1.165) is 26.4 Å². The molecule has 9 nitrogen and oxygen atoms in total. The van der Waals surface area contributed by atoms with Crippen LogP contribution in [0.15, 0.2) is 32.4 Å². The molecule has 0 fully saturated rings. The van der Waals surface area contributed by atoms with E-state index in [-0.39, 0.29) is 0 Å². The number of carbonyl (C=O) groups is 2. The lowest BCUT2D eigenvalue weighted by Gasteiger charge is -2.29. The van der Waals surface area contributed by atoms with Crippen LogP contribution in [-0.2, 0) is 24.4 Å². The SMILES string of the molecule is Cn1c2c(c(=O)n(C)c1=O)[C@@](NC(=O)c1ccco1)(C(F)(F)F)C(=O)N2. The molecule has 3 heterocycles. The maximum atomic E-state index is 13.9. The fourth-order valence-corrected chi connectivity index (χ4v) is 2.74. The molecule has 1 aliphatic rings. The highest BCUT2D eigenvalue weighted by Gasteiger charge is 2.68. The molecular weight excluding hydrogens is 361 g/mol. The van der Waals surface area contributed by atoms with Gasteiger partial charge in [-0.2, -0.15) is 13.2 Å². The Morgan fingerprint density at radius 2 is 1.88 bits per heavy atom. The number of rotatable bonds is 2. The van der Waals surface area contributed by atoms with Gasteiger partial charge in [0.05, 0.1) is 6.26 Å². The summed E-state index contributed by atoms with van der Waals surface area (Å²) < 4.78 is 47.7. The molecule has 1 aliphatic heterocycles. The van der Waals surface area contributed by atoms with Gasteiger partial charge in [-0.25, -0.2) is 4.79 Å². The highest BCUT2D eigenvalue weighted by molar-refractivity contribution is 6.08. The van der Waals surface area contributed by atoms with E-state index in [4.69, 9.17) is 4.42 Å². The smallest absolute Gasteiger partial charge is 0.425 e. The first-order chi connectivity index (χ1) is 12.0. The first kappa shape index (κ1) is 17.5. The fourth-order valence-electron chi connectivity index (χ4n) is 2.74. The van der Waals surface area contributed by atoms with Crippen LogP contribution >= 0.6 is 0 Å². The van der Waals surface area contributed by atoms with Crippen LogP contribution in [0, 0.1) is 0 Å². The first-order valence-corrected chi connectivity index (χ1v) is 7.07. The average molecular weight is 372 g/mol. The third-order valence-electron chi connectivity index (χ3n) is 4.08. The van der Waals surface area contributed by atoms with Crippen LogP contribution < -0.4 is 21.9 Å². The Morgan fingerprint density at radius 1 is 1.23 bits per heavy atom. The molecule has 0 bridgehead atoms. The second-order valence-corrected chi connectivity index (χ2v) is 5.56. The highest BCUT2D eigenvalue weighted by atomic mass is 19.4. The molecule has 0 spiro atoms. The summed E-state index contributed by atoms with van der Waals surface area (Å²) in [4.78, 5) is 48.8. The van der Waals surface area contributed by atoms with E-state index < -0.39 is 51.9 Å². The van der Waals surface area contributed by atoms with Crippen LogP contribution in [0.4, 0.5) is 19.0 Å². The van der Waals surface area contributed by atoms with Crippen LogP contribution in [0.3, 0.4) is 0 Å². The normalized spacial score (nSPS) is 19.2. The molecule has 0 aromatic carbocycles. The minimum absolute atomic E-state index is 0.415. The Balaban J connectivity index is 2.32. The lowest BCUT2D eigenvalue weighted by Crippen LogP contribution is -2.62. The van der Waals surface area contributed by atoms with Gasteiger partial charge in [-0.3, -0.25) is 23.5 Å². The van der Waals surface area contributed by atoms with Crippen molar-refractivity contribution in [1.82, 2.24) is 14.5 Å². The lowest BCUT2D eigenvalue weighted by atomic mass is 9.91. The van der Waals surface area contributed by atoms with Gasteiger partial charge in [0.2, 0.25) is 0 Å². The molecular formula is C14H11F3N4O5. The van der Waals surface area contributed by atoms with Crippen LogP contribution in [0.25, 0.3) is 0 Å². The minimum Gasteiger partial charge on any atom is -0.459 e. The molecule has 0 saturated carbocycles. The van der Waals surface area contributed by atoms with Crippen molar-refractivity contribution < 1.29 is 27.2 Å². The maximum absolute atomic E-state index is 13.9. The predicted molar refractivity (Wildman–Crippen MR) is 79.5 cm³/mol. The molecule has 2 aromatic heterocycles. The van der Waals surface area contributed by atoms with Crippen molar-refractivity contribution in [1.29, 1.82) is 0 Å². The Labute approximate surface area is 142 Å². The largest absolute Gasteiger partial charge is 0.459 e. The molecule has 3 rings (SSSR count). The highest BCUT2D eigenvalue weighted by Crippen LogP contribution is 2.44. The number of aromatic nitrogens is 2. The molecule has 0 aliphatic carbocycles. The Bertz CT molecular complexity index is 1030. The number of anilines is 1. The third-order valence-corrected chi connectivity index (χ3v) is 4.08. The summed E-state index contributed by atoms with van der Waals surface area (Å²) in [5.74, 6) is -4.19. The fraction of sp³-hybridized carbons (Fsp3) is 0.286. The van der Waals surface area contributed by atoms with E-state index in [1.807, 2.05) is 5.32 Å². The van der Waals surface area contributed by atoms with Crippen molar-refractivity contribution in [3.63, 3.8) is 0 Å². The molecule has 2 amide bonds. The van der Waals surface area contributed by atoms with Crippen LogP contribution in [-0.4, -0.2) is 27.1 Å². The summed E-state index contributed by atoms with van der Waals surface area (Å²) in [6.07, 6.45) is -4.32. The number of alkyl halides is 3. The number of nitrogens with zero attached hydrogens (tertiary/aromatic N) is 2. The Morgan fingerprint density at radius 3 is 2.42 bits per heavy atom. The zero-order valence-corrected chi connectivity index (χ0v) is 13.3. The molecule has 2 aromatic rings. The number of halogens is 3. The van der Waals surface area contributed by atoms with Crippen LogP contribution in [0.5, 0.6) is 0 Å². The van der Waals surface area contributed by atoms with E-state index in [1.54, 1.807) is 5.32 Å². The number of nitrogens with one attached hydrogen (secondary N) is 2. The zero-order chi connectivity index (χ0) is 19.4. The van der Waals surface area contributed by atoms with Crippen LogP contribution in [0.1, 0.15) is 16.1 Å². The van der Waals surface area contributed by atoms with Gasteiger partial charge in [0.1, 0.15) is 11.4 Å². The van der Waals surface area contributed by atoms with Crippen molar-refractivity contribution >= 4 is 17.6 Å². The second-order valence-electron chi connectivity index (χ2n) is 5.56. The van der Waals surface area contributed by atoms with Gasteiger partial charge < -0.3 is 15.1 Å². The second kappa shape index (κ2) is 5.34. The summed E-state index contributed by atoms with van der Waals surface area (Å²) in [6.45, 7) is 0. The molecule has 138 valence electrons. The topological polar surface area (TPSA) is 115 Å². The maximum Gasteiger partial charge on any atom is 0.425 e. The summed E-state index contributed by atoms with van der Waals surface area (Å²) in [7, 11) is 2.05. The summed E-state index contributed by atoms with van der Waals surface area (Å²) in [6, 6.07) is 2.35. The van der Waals surface area contributed by atoms with Crippen molar-refractivity contribution in [3.05, 3.63) is 50.6 Å². The number of amides is 2. The van der Waals surface area contributed by atoms with E-state index in [1.165, 1.54) is 6.07 Å².